The van der Waals surface area contributed by atoms with Crippen molar-refractivity contribution in [2.24, 2.45) is 0 Å². The highest BCUT2D eigenvalue weighted by atomic mass is 31.2. The molecule has 0 aromatic carbocycles. The number of allylic oxidation sites excluding steroid dienone is 8. The van der Waals surface area contributed by atoms with Crippen LogP contribution in [0.1, 0.15) is 213 Å². The van der Waals surface area contributed by atoms with E-state index in [0.717, 1.165) is 77.0 Å². The molecule has 0 amide bonds. The SMILES string of the molecule is CCCCCCC/C=C\C/C=C\C/C=C\CCCCCCCCCCCOCC(COP(=O)(O)OCC(O)CO)OC(=O)CCCCCCC/C=C\CCCCCCC. The fourth-order valence-electron chi connectivity index (χ4n) is 6.53. The second kappa shape index (κ2) is 45.9. The molecule has 9 nitrogen and oxygen atoms in total. The zero-order chi connectivity index (χ0) is 43.2. The van der Waals surface area contributed by atoms with Crippen LogP contribution in [0.4, 0.5) is 0 Å². The smallest absolute Gasteiger partial charge is 0.457 e. The summed E-state index contributed by atoms with van der Waals surface area (Å²) < 4.78 is 33.4. The Morgan fingerprint density at radius 1 is 0.525 bits per heavy atom. The highest BCUT2D eigenvalue weighted by Crippen LogP contribution is 2.43. The molecule has 0 saturated heterocycles. The molecule has 3 unspecified atom stereocenters. The van der Waals surface area contributed by atoms with Crippen molar-refractivity contribution in [3.63, 3.8) is 0 Å². The maximum Gasteiger partial charge on any atom is 0.472 e. The van der Waals surface area contributed by atoms with Crippen LogP contribution in [0.25, 0.3) is 0 Å². The third-order valence-corrected chi connectivity index (χ3v) is 11.2. The van der Waals surface area contributed by atoms with E-state index < -0.39 is 39.2 Å². The Bertz CT molecular complexity index is 1060. The lowest BCUT2D eigenvalue weighted by molar-refractivity contribution is -0.154. The van der Waals surface area contributed by atoms with Gasteiger partial charge in [0.15, 0.2) is 0 Å². The highest BCUT2D eigenvalue weighted by Gasteiger charge is 2.26. The molecule has 59 heavy (non-hydrogen) atoms. The average Bonchev–Trinajstić information content (AvgIpc) is 3.23. The molecule has 0 aliphatic heterocycles. The Kier molecular flexibility index (Phi) is 44.7. The number of hydrogen-bond acceptors (Lipinski definition) is 8. The number of phosphoric ester groups is 1. The third-order valence-electron chi connectivity index (χ3n) is 10.2. The molecule has 0 aliphatic carbocycles. The summed E-state index contributed by atoms with van der Waals surface area (Å²) in [6, 6.07) is 0. The van der Waals surface area contributed by atoms with Gasteiger partial charge in [0.2, 0.25) is 0 Å². The molecule has 0 fully saturated rings. The van der Waals surface area contributed by atoms with E-state index in [1.165, 1.54) is 116 Å². The van der Waals surface area contributed by atoms with E-state index in [-0.39, 0.29) is 19.6 Å². The molecule has 3 atom stereocenters. The van der Waals surface area contributed by atoms with Gasteiger partial charge in [0, 0.05) is 13.0 Å². The zero-order valence-electron chi connectivity index (χ0n) is 38.0. The number of ether oxygens (including phenoxy) is 2. The Hall–Kier alpha value is -1.58. The van der Waals surface area contributed by atoms with Crippen molar-refractivity contribution in [1.82, 2.24) is 0 Å². The first-order valence-electron chi connectivity index (χ1n) is 24.1. The van der Waals surface area contributed by atoms with Crippen LogP contribution in [0, 0.1) is 0 Å². The lowest BCUT2D eigenvalue weighted by atomic mass is 10.1. The predicted octanol–water partition coefficient (Wildman–Crippen LogP) is 13.8. The maximum atomic E-state index is 12.6. The summed E-state index contributed by atoms with van der Waals surface area (Å²) in [5, 5.41) is 18.4. The lowest BCUT2D eigenvalue weighted by Gasteiger charge is -2.20. The van der Waals surface area contributed by atoms with Gasteiger partial charge in [-0.05, 0) is 77.0 Å². The number of hydrogen-bond donors (Lipinski definition) is 3. The van der Waals surface area contributed by atoms with Crippen molar-refractivity contribution in [1.29, 1.82) is 0 Å². The van der Waals surface area contributed by atoms with Crippen molar-refractivity contribution in [2.45, 2.75) is 225 Å². The summed E-state index contributed by atoms with van der Waals surface area (Å²) in [5.74, 6) is -0.393. The third kappa shape index (κ3) is 45.8. The summed E-state index contributed by atoms with van der Waals surface area (Å²) in [4.78, 5) is 22.6. The van der Waals surface area contributed by atoms with E-state index in [9.17, 15) is 19.4 Å². The average molecular weight is 855 g/mol. The van der Waals surface area contributed by atoms with Gasteiger partial charge in [-0.1, -0.05) is 178 Å². The van der Waals surface area contributed by atoms with Crippen molar-refractivity contribution >= 4 is 13.8 Å². The maximum absolute atomic E-state index is 12.6. The molecule has 0 aromatic rings. The molecule has 10 heteroatoms. The quantitative estimate of drug-likeness (QED) is 0.0237. The molecule has 0 saturated carbocycles. The molecule has 0 aliphatic rings. The van der Waals surface area contributed by atoms with Crippen LogP contribution in [-0.2, 0) is 27.9 Å². The Morgan fingerprint density at radius 2 is 0.915 bits per heavy atom. The minimum Gasteiger partial charge on any atom is -0.457 e. The molecule has 3 N–H and O–H groups in total. The fraction of sp³-hybridized carbons (Fsp3) is 0.816. The van der Waals surface area contributed by atoms with Gasteiger partial charge in [0.05, 0.1) is 26.4 Å². The van der Waals surface area contributed by atoms with E-state index in [4.69, 9.17) is 23.6 Å². The van der Waals surface area contributed by atoms with Crippen LogP contribution in [0.3, 0.4) is 0 Å². The summed E-state index contributed by atoms with van der Waals surface area (Å²) in [6.45, 7) is 3.49. The van der Waals surface area contributed by atoms with E-state index in [1.807, 2.05) is 0 Å². The van der Waals surface area contributed by atoms with E-state index in [0.29, 0.717) is 6.61 Å². The number of unbranched alkanes of at least 4 members (excludes halogenated alkanes) is 24. The number of aliphatic hydroxyl groups excluding tert-OH is 2. The van der Waals surface area contributed by atoms with Crippen LogP contribution < -0.4 is 0 Å². The highest BCUT2D eigenvalue weighted by molar-refractivity contribution is 7.47. The number of carbonyl (C=O) groups excluding carboxylic acids is 1. The van der Waals surface area contributed by atoms with E-state index >= 15 is 0 Å². The van der Waals surface area contributed by atoms with Crippen LogP contribution >= 0.6 is 7.82 Å². The molecule has 346 valence electrons. The van der Waals surface area contributed by atoms with Crippen LogP contribution in [0.15, 0.2) is 48.6 Å². The topological polar surface area (TPSA) is 132 Å². The second-order valence-electron chi connectivity index (χ2n) is 16.1. The van der Waals surface area contributed by atoms with Crippen molar-refractivity contribution in [3.05, 3.63) is 48.6 Å². The lowest BCUT2D eigenvalue weighted by Crippen LogP contribution is -2.29. The normalized spacial score (nSPS) is 14.3. The molecule has 0 bridgehead atoms. The van der Waals surface area contributed by atoms with Crippen molar-refractivity contribution < 1.29 is 43.0 Å². The van der Waals surface area contributed by atoms with Gasteiger partial charge in [-0.25, -0.2) is 4.57 Å². The molecular weight excluding hydrogens is 764 g/mol. The van der Waals surface area contributed by atoms with Crippen LogP contribution in [0.5, 0.6) is 0 Å². The van der Waals surface area contributed by atoms with Gasteiger partial charge >= 0.3 is 13.8 Å². The predicted molar refractivity (Wildman–Crippen MR) is 247 cm³/mol. The second-order valence-corrected chi connectivity index (χ2v) is 17.6. The monoisotopic (exact) mass is 855 g/mol. The van der Waals surface area contributed by atoms with Gasteiger partial charge in [-0.2, -0.15) is 0 Å². The van der Waals surface area contributed by atoms with Crippen LogP contribution in [-0.4, -0.2) is 66.3 Å². The molecule has 0 aromatic heterocycles. The molecule has 0 spiro atoms. The standard InChI is InChI=1S/C49H91O9P/c1-3-5-7-9-11-13-15-17-19-20-21-22-23-24-25-26-27-28-30-32-34-36-38-40-42-55-45-48(46-57-59(53,54)56-44-47(51)43-50)58-49(52)41-39-37-35-33-31-29-18-16-14-12-10-8-6-4-2/h15-18,20-21,23-24,47-48,50-51H,3-14,19,22,25-46H2,1-2H3,(H,53,54)/b17-15-,18-16-,21-20-,24-23-. The first kappa shape index (κ1) is 57.4. The minimum atomic E-state index is -4.52. The minimum absolute atomic E-state index is 0.0418. The number of phosphoric acid groups is 1. The van der Waals surface area contributed by atoms with Gasteiger partial charge in [-0.3, -0.25) is 13.8 Å². The number of rotatable bonds is 46. The van der Waals surface area contributed by atoms with Crippen molar-refractivity contribution in [3.8, 4) is 0 Å². The van der Waals surface area contributed by atoms with Gasteiger partial charge in [0.25, 0.3) is 0 Å². The zero-order valence-corrected chi connectivity index (χ0v) is 38.9. The summed E-state index contributed by atoms with van der Waals surface area (Å²) >= 11 is 0. The van der Waals surface area contributed by atoms with Gasteiger partial charge in [0.1, 0.15) is 12.2 Å². The summed E-state index contributed by atoms with van der Waals surface area (Å²) in [5.41, 5.74) is 0. The number of carbonyl (C=O) groups is 1. The summed E-state index contributed by atoms with van der Waals surface area (Å²) in [6.07, 6.45) is 52.2. The molecular formula is C49H91O9P. The van der Waals surface area contributed by atoms with Crippen molar-refractivity contribution in [2.75, 3.05) is 33.0 Å². The van der Waals surface area contributed by atoms with E-state index in [1.54, 1.807) is 0 Å². The van der Waals surface area contributed by atoms with E-state index in [2.05, 4.69) is 62.5 Å². The number of esters is 1. The Labute approximate surface area is 362 Å². The largest absolute Gasteiger partial charge is 0.472 e. The first-order chi connectivity index (χ1) is 28.8. The fourth-order valence-corrected chi connectivity index (χ4v) is 7.32. The van der Waals surface area contributed by atoms with Gasteiger partial charge < -0.3 is 24.6 Å². The first-order valence-corrected chi connectivity index (χ1v) is 25.6. The molecule has 0 rings (SSSR count). The van der Waals surface area contributed by atoms with Gasteiger partial charge in [-0.15, -0.1) is 0 Å². The Morgan fingerprint density at radius 3 is 1.39 bits per heavy atom. The summed E-state index contributed by atoms with van der Waals surface area (Å²) in [7, 11) is -4.52. The molecule has 0 radical (unpaired) electrons. The van der Waals surface area contributed by atoms with Crippen LogP contribution in [0.2, 0.25) is 0 Å². The Balaban J connectivity index is 4.09. The number of aliphatic hydroxyl groups is 2. The molecule has 0 heterocycles.